The number of para-hydroxylation sites is 1. The number of rotatable bonds is 4. The van der Waals surface area contributed by atoms with Crippen LogP contribution >= 0.6 is 0 Å². The van der Waals surface area contributed by atoms with Crippen molar-refractivity contribution in [1.29, 1.82) is 0 Å². The smallest absolute Gasteiger partial charge is 0.256 e. The number of nitrogens with zero attached hydrogens (tertiary/aromatic N) is 1. The van der Waals surface area contributed by atoms with Gasteiger partial charge in [0, 0.05) is 16.6 Å². The molecule has 0 bridgehead atoms. The zero-order chi connectivity index (χ0) is 20.4. The number of fused-ring (bicyclic) bond motifs is 1. The molecule has 0 saturated carbocycles. The van der Waals surface area contributed by atoms with Crippen molar-refractivity contribution in [2.45, 2.75) is 27.2 Å². The molecule has 0 unspecified atom stereocenters. The van der Waals surface area contributed by atoms with E-state index in [0.717, 1.165) is 51.0 Å². The van der Waals surface area contributed by atoms with Crippen LogP contribution in [0.1, 0.15) is 34.0 Å². The van der Waals surface area contributed by atoms with Gasteiger partial charge in [0.2, 0.25) is 0 Å². The predicted octanol–water partition coefficient (Wildman–Crippen LogP) is 6.33. The highest BCUT2D eigenvalue weighted by Crippen LogP contribution is 2.29. The Morgan fingerprint density at radius 1 is 0.931 bits per heavy atom. The normalized spacial score (nSPS) is 10.9. The Kier molecular flexibility index (Phi) is 5.13. The summed E-state index contributed by atoms with van der Waals surface area (Å²) in [7, 11) is 0. The molecule has 3 heteroatoms. The zero-order valence-electron chi connectivity index (χ0n) is 17.0. The van der Waals surface area contributed by atoms with E-state index in [1.165, 1.54) is 0 Å². The molecule has 144 valence electrons. The SMILES string of the molecule is CCc1ccccc1NC(=O)c1cc(-c2ccccc2)nc2c(C)cc(C)cc12. The van der Waals surface area contributed by atoms with Crippen molar-refractivity contribution < 1.29 is 4.79 Å². The first-order valence-corrected chi connectivity index (χ1v) is 9.93. The lowest BCUT2D eigenvalue weighted by Crippen LogP contribution is -2.14. The highest BCUT2D eigenvalue weighted by Gasteiger charge is 2.16. The first-order valence-electron chi connectivity index (χ1n) is 9.93. The number of benzene rings is 3. The third kappa shape index (κ3) is 3.77. The van der Waals surface area contributed by atoms with Gasteiger partial charge in [-0.3, -0.25) is 4.79 Å². The van der Waals surface area contributed by atoms with Crippen LogP contribution in [0.2, 0.25) is 0 Å². The molecule has 0 aliphatic heterocycles. The Morgan fingerprint density at radius 3 is 2.41 bits per heavy atom. The van der Waals surface area contributed by atoms with Crippen molar-refractivity contribution >= 4 is 22.5 Å². The molecule has 4 rings (SSSR count). The van der Waals surface area contributed by atoms with Crippen LogP contribution in [0.15, 0.2) is 72.8 Å². The predicted molar refractivity (Wildman–Crippen MR) is 120 cm³/mol. The Hall–Kier alpha value is -3.46. The maximum Gasteiger partial charge on any atom is 0.256 e. The number of nitrogens with one attached hydrogen (secondary N) is 1. The minimum Gasteiger partial charge on any atom is -0.322 e. The fraction of sp³-hybridized carbons (Fsp3) is 0.154. The summed E-state index contributed by atoms with van der Waals surface area (Å²) in [5.41, 5.74) is 7.48. The van der Waals surface area contributed by atoms with Crippen LogP contribution in [0.25, 0.3) is 22.2 Å². The van der Waals surface area contributed by atoms with Crippen molar-refractivity contribution in [3.8, 4) is 11.3 Å². The van der Waals surface area contributed by atoms with Crippen LogP contribution in [-0.4, -0.2) is 10.9 Å². The molecule has 1 heterocycles. The molecule has 4 aromatic rings. The van der Waals surface area contributed by atoms with E-state index in [1.54, 1.807) is 0 Å². The van der Waals surface area contributed by atoms with Gasteiger partial charge >= 0.3 is 0 Å². The van der Waals surface area contributed by atoms with Gasteiger partial charge in [0.25, 0.3) is 5.91 Å². The minimum atomic E-state index is -0.111. The average Bonchev–Trinajstić information content (AvgIpc) is 2.74. The molecule has 1 aromatic heterocycles. The molecule has 0 fully saturated rings. The number of aromatic nitrogens is 1. The Labute approximate surface area is 171 Å². The number of hydrogen-bond donors (Lipinski definition) is 1. The summed E-state index contributed by atoms with van der Waals surface area (Å²) < 4.78 is 0. The maximum absolute atomic E-state index is 13.4. The summed E-state index contributed by atoms with van der Waals surface area (Å²) in [6.07, 6.45) is 0.862. The van der Waals surface area contributed by atoms with Crippen molar-refractivity contribution in [2.75, 3.05) is 5.32 Å². The van der Waals surface area contributed by atoms with Crippen molar-refractivity contribution in [1.82, 2.24) is 4.98 Å². The van der Waals surface area contributed by atoms with Gasteiger partial charge in [-0.15, -0.1) is 0 Å². The van der Waals surface area contributed by atoms with Gasteiger partial charge in [-0.2, -0.15) is 0 Å². The minimum absolute atomic E-state index is 0.111. The highest BCUT2D eigenvalue weighted by molar-refractivity contribution is 6.13. The second-order valence-corrected chi connectivity index (χ2v) is 7.36. The Balaban J connectivity index is 1.88. The molecule has 3 nitrogen and oxygen atoms in total. The molecule has 29 heavy (non-hydrogen) atoms. The Bertz CT molecular complexity index is 1200. The molecule has 0 saturated heterocycles. The molecule has 0 spiro atoms. The summed E-state index contributed by atoms with van der Waals surface area (Å²) in [6.45, 7) is 6.18. The monoisotopic (exact) mass is 380 g/mol. The lowest BCUT2D eigenvalue weighted by molar-refractivity contribution is 0.102. The second-order valence-electron chi connectivity index (χ2n) is 7.36. The van der Waals surface area contributed by atoms with E-state index in [9.17, 15) is 4.79 Å². The summed E-state index contributed by atoms with van der Waals surface area (Å²) in [4.78, 5) is 18.3. The number of pyridine rings is 1. The third-order valence-corrected chi connectivity index (χ3v) is 5.21. The molecular formula is C26H24N2O. The number of hydrogen-bond acceptors (Lipinski definition) is 2. The quantitative estimate of drug-likeness (QED) is 0.449. The van der Waals surface area contributed by atoms with Gasteiger partial charge in [0.1, 0.15) is 0 Å². The molecule has 3 aromatic carbocycles. The standard InChI is InChI=1S/C26H24N2O/c1-4-19-10-8-9-13-23(19)28-26(29)22-16-24(20-11-6-5-7-12-20)27-25-18(3)14-17(2)15-21(22)25/h5-16H,4H2,1-3H3,(H,28,29). The van der Waals surface area contributed by atoms with Gasteiger partial charge in [-0.1, -0.05) is 67.1 Å². The summed E-state index contributed by atoms with van der Waals surface area (Å²) in [6, 6.07) is 24.0. The maximum atomic E-state index is 13.4. The fourth-order valence-corrected chi connectivity index (χ4v) is 3.77. The topological polar surface area (TPSA) is 42.0 Å². The molecule has 0 aliphatic rings. The fourth-order valence-electron chi connectivity index (χ4n) is 3.77. The van der Waals surface area contributed by atoms with Crippen molar-refractivity contribution in [3.05, 3.63) is 95.1 Å². The largest absolute Gasteiger partial charge is 0.322 e. The molecular weight excluding hydrogens is 356 g/mol. The number of aryl methyl sites for hydroxylation is 3. The van der Waals surface area contributed by atoms with E-state index in [4.69, 9.17) is 4.98 Å². The third-order valence-electron chi connectivity index (χ3n) is 5.21. The van der Waals surface area contributed by atoms with Crippen LogP contribution in [0.4, 0.5) is 5.69 Å². The van der Waals surface area contributed by atoms with Crippen LogP contribution in [0.3, 0.4) is 0 Å². The van der Waals surface area contributed by atoms with Gasteiger partial charge in [0.05, 0.1) is 16.8 Å². The Morgan fingerprint density at radius 2 is 1.66 bits per heavy atom. The molecule has 1 N–H and O–H groups in total. The number of amides is 1. The first kappa shape index (κ1) is 18.9. The van der Waals surface area contributed by atoms with Crippen LogP contribution < -0.4 is 5.32 Å². The number of anilines is 1. The van der Waals surface area contributed by atoms with Gasteiger partial charge in [-0.25, -0.2) is 4.98 Å². The number of carbonyl (C=O) groups is 1. The number of carbonyl (C=O) groups excluding carboxylic acids is 1. The van der Waals surface area contributed by atoms with E-state index in [-0.39, 0.29) is 5.91 Å². The van der Waals surface area contributed by atoms with Gasteiger partial charge in [-0.05, 0) is 49.6 Å². The van der Waals surface area contributed by atoms with Crippen LogP contribution in [0, 0.1) is 13.8 Å². The van der Waals surface area contributed by atoms with E-state index in [1.807, 2.05) is 80.6 Å². The lowest BCUT2D eigenvalue weighted by Gasteiger charge is -2.14. The molecule has 1 amide bonds. The molecule has 0 radical (unpaired) electrons. The molecule has 0 aliphatic carbocycles. The van der Waals surface area contributed by atoms with Crippen LogP contribution in [0.5, 0.6) is 0 Å². The lowest BCUT2D eigenvalue weighted by atomic mass is 9.99. The van der Waals surface area contributed by atoms with E-state index in [2.05, 4.69) is 18.3 Å². The second kappa shape index (κ2) is 7.88. The van der Waals surface area contributed by atoms with Crippen molar-refractivity contribution in [3.63, 3.8) is 0 Å². The van der Waals surface area contributed by atoms with Crippen molar-refractivity contribution in [2.24, 2.45) is 0 Å². The first-order chi connectivity index (χ1) is 14.1. The van der Waals surface area contributed by atoms with Crippen LogP contribution in [-0.2, 0) is 6.42 Å². The summed E-state index contributed by atoms with van der Waals surface area (Å²) in [5.74, 6) is -0.111. The molecule has 0 atom stereocenters. The van der Waals surface area contributed by atoms with E-state index in [0.29, 0.717) is 5.56 Å². The van der Waals surface area contributed by atoms with Gasteiger partial charge in [0.15, 0.2) is 0 Å². The average molecular weight is 380 g/mol. The summed E-state index contributed by atoms with van der Waals surface area (Å²) in [5, 5.41) is 4.00. The highest BCUT2D eigenvalue weighted by atomic mass is 16.1. The summed E-state index contributed by atoms with van der Waals surface area (Å²) >= 11 is 0. The van der Waals surface area contributed by atoms with E-state index >= 15 is 0 Å². The zero-order valence-corrected chi connectivity index (χ0v) is 17.0. The van der Waals surface area contributed by atoms with E-state index < -0.39 is 0 Å². The van der Waals surface area contributed by atoms with Gasteiger partial charge < -0.3 is 5.32 Å².